The number of benzene rings is 2. The third-order valence-electron chi connectivity index (χ3n) is 5.16. The average Bonchev–Trinajstić information content (AvgIpc) is 3.25. The van der Waals surface area contributed by atoms with Crippen LogP contribution >= 0.6 is 0 Å². The molecule has 0 aliphatic rings. The molecule has 9 nitrogen and oxygen atoms in total. The van der Waals surface area contributed by atoms with Crippen molar-refractivity contribution in [3.05, 3.63) is 70.0 Å². The van der Waals surface area contributed by atoms with Crippen LogP contribution in [0.1, 0.15) is 37.0 Å². The number of rotatable bonds is 6. The van der Waals surface area contributed by atoms with Gasteiger partial charge in [0.2, 0.25) is 21.7 Å². The number of aryl methyl sites for hydroxylation is 3. The van der Waals surface area contributed by atoms with Crippen molar-refractivity contribution in [3.8, 4) is 11.4 Å². The highest BCUT2D eigenvalue weighted by atomic mass is 32.2. The van der Waals surface area contributed by atoms with Gasteiger partial charge < -0.3 is 9.09 Å². The summed E-state index contributed by atoms with van der Waals surface area (Å²) >= 11 is 0. The summed E-state index contributed by atoms with van der Waals surface area (Å²) in [7, 11) is -3.75. The molecule has 0 saturated heterocycles. The Bertz CT molecular complexity index is 1460. The van der Waals surface area contributed by atoms with E-state index in [9.17, 15) is 13.2 Å². The van der Waals surface area contributed by atoms with Gasteiger partial charge in [0.1, 0.15) is 5.69 Å². The molecule has 1 unspecified atom stereocenters. The summed E-state index contributed by atoms with van der Waals surface area (Å²) in [5, 5.41) is 3.99. The molecule has 4 aromatic rings. The molecule has 0 aliphatic carbocycles. The van der Waals surface area contributed by atoms with Gasteiger partial charge >= 0.3 is 0 Å². The van der Waals surface area contributed by atoms with Crippen molar-refractivity contribution in [1.29, 1.82) is 0 Å². The van der Waals surface area contributed by atoms with Crippen molar-refractivity contribution in [2.75, 3.05) is 0 Å². The van der Waals surface area contributed by atoms with Gasteiger partial charge in [-0.05, 0) is 58.0 Å². The second kappa shape index (κ2) is 8.29. The van der Waals surface area contributed by atoms with Gasteiger partial charge in [0.15, 0.2) is 0 Å². The van der Waals surface area contributed by atoms with Crippen molar-refractivity contribution in [3.63, 3.8) is 0 Å². The van der Waals surface area contributed by atoms with Gasteiger partial charge in [-0.2, -0.15) is 9.71 Å². The van der Waals surface area contributed by atoms with E-state index in [0.717, 1.165) is 11.1 Å². The summed E-state index contributed by atoms with van der Waals surface area (Å²) in [6.45, 7) is 7.63. The molecule has 1 atom stereocenters. The van der Waals surface area contributed by atoms with Gasteiger partial charge in [0.05, 0.1) is 22.0 Å². The van der Waals surface area contributed by atoms with Crippen molar-refractivity contribution in [2.24, 2.45) is 0 Å². The number of hydrogen-bond acceptors (Lipinski definition) is 7. The summed E-state index contributed by atoms with van der Waals surface area (Å²) < 4.78 is 34.8. The van der Waals surface area contributed by atoms with Crippen LogP contribution in [0.15, 0.2) is 56.7 Å². The van der Waals surface area contributed by atoms with Crippen LogP contribution < -0.4 is 10.3 Å². The molecule has 0 aliphatic heterocycles. The number of hydrogen-bond donors (Lipinski definition) is 1. The Balaban J connectivity index is 1.62. The van der Waals surface area contributed by atoms with E-state index in [4.69, 9.17) is 4.52 Å². The minimum atomic E-state index is -3.75. The normalized spacial score (nSPS) is 12.9. The highest BCUT2D eigenvalue weighted by Crippen LogP contribution is 2.23. The molecule has 32 heavy (non-hydrogen) atoms. The molecule has 0 amide bonds. The minimum absolute atomic E-state index is 0.121. The smallest absolute Gasteiger partial charge is 0.272 e. The van der Waals surface area contributed by atoms with E-state index in [1.807, 2.05) is 13.8 Å². The van der Waals surface area contributed by atoms with Crippen LogP contribution in [0.4, 0.5) is 0 Å². The summed E-state index contributed by atoms with van der Waals surface area (Å²) in [5.74, 6) is 0.440. The predicted octanol–water partition coefficient (Wildman–Crippen LogP) is 3.12. The van der Waals surface area contributed by atoms with E-state index in [1.165, 1.54) is 0 Å². The lowest BCUT2D eigenvalue weighted by Crippen LogP contribution is -2.27. The fourth-order valence-electron chi connectivity index (χ4n) is 3.42. The summed E-state index contributed by atoms with van der Waals surface area (Å²) in [6.07, 6.45) is 0. The lowest BCUT2D eigenvalue weighted by atomic mass is 10.1. The molecule has 1 N–H and O–H groups in total. The first-order chi connectivity index (χ1) is 15.2. The Labute approximate surface area is 185 Å². The van der Waals surface area contributed by atoms with Crippen LogP contribution in [-0.2, 0) is 16.6 Å². The van der Waals surface area contributed by atoms with Gasteiger partial charge in [0, 0.05) is 12.1 Å². The van der Waals surface area contributed by atoms with Crippen LogP contribution in [0.5, 0.6) is 0 Å². The number of nitrogens with zero attached hydrogens (tertiary/aromatic N) is 4. The zero-order chi connectivity index (χ0) is 23.0. The average molecular weight is 454 g/mol. The van der Waals surface area contributed by atoms with Gasteiger partial charge in [0.25, 0.3) is 5.56 Å². The molecule has 10 heteroatoms. The third kappa shape index (κ3) is 4.06. The second-order valence-corrected chi connectivity index (χ2v) is 9.28. The zero-order valence-electron chi connectivity index (χ0n) is 18.2. The Morgan fingerprint density at radius 3 is 2.50 bits per heavy atom. The van der Waals surface area contributed by atoms with Gasteiger partial charge in [-0.25, -0.2) is 13.4 Å². The van der Waals surface area contributed by atoms with E-state index < -0.39 is 16.1 Å². The van der Waals surface area contributed by atoms with Crippen LogP contribution in [0, 0.1) is 13.8 Å². The minimum Gasteiger partial charge on any atom is -0.337 e. The first-order valence-electron chi connectivity index (χ1n) is 10.1. The number of aromatic nitrogens is 4. The van der Waals surface area contributed by atoms with Gasteiger partial charge in [-0.15, -0.1) is 0 Å². The van der Waals surface area contributed by atoms with E-state index in [1.54, 1.807) is 60.9 Å². The van der Waals surface area contributed by atoms with E-state index in [0.29, 0.717) is 29.1 Å². The number of fused-ring (bicyclic) bond motifs is 1. The Hall–Kier alpha value is -3.37. The highest BCUT2D eigenvalue weighted by Gasteiger charge is 2.23. The maximum Gasteiger partial charge on any atom is 0.272 e. The van der Waals surface area contributed by atoms with Crippen molar-refractivity contribution < 1.29 is 12.9 Å². The van der Waals surface area contributed by atoms with Crippen LogP contribution in [0.2, 0.25) is 0 Å². The molecular formula is C22H23N5O4S. The van der Waals surface area contributed by atoms with Crippen molar-refractivity contribution in [1.82, 2.24) is 24.4 Å². The maximum absolute atomic E-state index is 12.6. The predicted molar refractivity (Wildman–Crippen MR) is 120 cm³/mol. The number of nitrogens with one attached hydrogen (secondary N) is 1. The standard InChI is InChI=1S/C22H23N5O4S/c1-5-27-19-11-8-16(12-18(19)23-15(4)22(27)28)20-24-21(31-25-20)14(3)26-32(29,30)17-9-6-13(2)7-10-17/h6-12,14,26H,5H2,1-4H3. The van der Waals surface area contributed by atoms with Crippen LogP contribution in [-0.4, -0.2) is 28.1 Å². The summed E-state index contributed by atoms with van der Waals surface area (Å²) in [6, 6.07) is 11.2. The highest BCUT2D eigenvalue weighted by molar-refractivity contribution is 7.89. The van der Waals surface area contributed by atoms with Crippen LogP contribution in [0.3, 0.4) is 0 Å². The van der Waals surface area contributed by atoms with Crippen molar-refractivity contribution in [2.45, 2.75) is 45.2 Å². The fraction of sp³-hybridized carbons (Fsp3) is 0.273. The second-order valence-electron chi connectivity index (χ2n) is 7.56. The Morgan fingerprint density at radius 2 is 1.81 bits per heavy atom. The topological polar surface area (TPSA) is 120 Å². The largest absolute Gasteiger partial charge is 0.337 e. The maximum atomic E-state index is 12.6. The molecule has 0 bridgehead atoms. The molecule has 2 aromatic carbocycles. The van der Waals surface area contributed by atoms with E-state index in [-0.39, 0.29) is 16.3 Å². The molecule has 0 radical (unpaired) electrons. The summed E-state index contributed by atoms with van der Waals surface area (Å²) in [4.78, 5) is 21.2. The van der Waals surface area contributed by atoms with E-state index in [2.05, 4.69) is 19.8 Å². The van der Waals surface area contributed by atoms with Crippen molar-refractivity contribution >= 4 is 21.1 Å². The first-order valence-corrected chi connectivity index (χ1v) is 11.6. The quantitative estimate of drug-likeness (QED) is 0.476. The Morgan fingerprint density at radius 1 is 1.09 bits per heavy atom. The Kier molecular flexibility index (Phi) is 5.66. The molecule has 4 rings (SSSR count). The SMILES string of the molecule is CCn1c(=O)c(C)nc2cc(-c3noc(C(C)NS(=O)(=O)c4ccc(C)cc4)n3)ccc21. The van der Waals surface area contributed by atoms with Gasteiger partial charge in [-0.3, -0.25) is 4.79 Å². The molecule has 2 heterocycles. The molecule has 166 valence electrons. The zero-order valence-corrected chi connectivity index (χ0v) is 19.0. The lowest BCUT2D eigenvalue weighted by Gasteiger charge is -2.10. The monoisotopic (exact) mass is 453 g/mol. The summed E-state index contributed by atoms with van der Waals surface area (Å²) in [5.41, 5.74) is 3.26. The first kappa shape index (κ1) is 21.8. The van der Waals surface area contributed by atoms with E-state index >= 15 is 0 Å². The third-order valence-corrected chi connectivity index (χ3v) is 6.72. The fourth-order valence-corrected chi connectivity index (χ4v) is 4.62. The number of sulfonamides is 1. The molecule has 0 saturated carbocycles. The van der Waals surface area contributed by atoms with Crippen LogP contribution in [0.25, 0.3) is 22.4 Å². The molecule has 0 fully saturated rings. The molecule has 2 aromatic heterocycles. The van der Waals surface area contributed by atoms with Gasteiger partial charge in [-0.1, -0.05) is 22.9 Å². The lowest BCUT2D eigenvalue weighted by molar-refractivity contribution is 0.354. The molecular weight excluding hydrogens is 430 g/mol. The molecule has 0 spiro atoms.